The Morgan fingerprint density at radius 1 is 1.03 bits per heavy atom. The molecule has 36 heavy (non-hydrogen) atoms. The highest BCUT2D eigenvalue weighted by atomic mass is 16.6. The number of fused-ring (bicyclic) bond motifs is 1. The van der Waals surface area contributed by atoms with E-state index < -0.39 is 0 Å². The van der Waals surface area contributed by atoms with Crippen molar-refractivity contribution in [2.24, 2.45) is 0 Å². The van der Waals surface area contributed by atoms with Crippen LogP contribution in [-0.4, -0.2) is 67.5 Å². The number of imidazole rings is 1. The van der Waals surface area contributed by atoms with Crippen molar-refractivity contribution in [2.75, 3.05) is 62.4 Å². The summed E-state index contributed by atoms with van der Waals surface area (Å²) in [4.78, 5) is 23.8. The van der Waals surface area contributed by atoms with Gasteiger partial charge >= 0.3 is 0 Å². The van der Waals surface area contributed by atoms with Crippen LogP contribution in [0.5, 0.6) is 0 Å². The van der Waals surface area contributed by atoms with Crippen molar-refractivity contribution in [1.82, 2.24) is 9.97 Å². The Bertz CT molecular complexity index is 1340. The monoisotopic (exact) mass is 488 g/mol. The fraction of sp³-hybridized carbons (Fsp3) is 0.385. The number of morpholine rings is 2. The average Bonchev–Trinajstić information content (AvgIpc) is 3.30. The summed E-state index contributed by atoms with van der Waals surface area (Å²) < 4.78 is 11.0. The molecule has 0 radical (unpaired) electrons. The fourth-order valence-electron chi connectivity index (χ4n) is 4.69. The van der Waals surface area contributed by atoms with Crippen LogP contribution in [0.15, 0.2) is 24.3 Å². The summed E-state index contributed by atoms with van der Waals surface area (Å²) in [7, 11) is 0. The molecule has 0 unspecified atom stereocenters. The van der Waals surface area contributed by atoms with Crippen molar-refractivity contribution in [2.45, 2.75) is 13.8 Å². The fourth-order valence-corrected chi connectivity index (χ4v) is 4.69. The normalized spacial score (nSPS) is 16.9. The number of aryl methyl sites for hydroxylation is 2. The van der Waals surface area contributed by atoms with E-state index in [-0.39, 0.29) is 10.6 Å². The molecular weight excluding hydrogens is 460 g/mol. The molecule has 3 aromatic rings. The van der Waals surface area contributed by atoms with E-state index in [0.717, 1.165) is 27.8 Å². The van der Waals surface area contributed by atoms with E-state index in [1.807, 2.05) is 36.9 Å². The number of nitriles is 1. The molecule has 10 heteroatoms. The summed E-state index contributed by atoms with van der Waals surface area (Å²) >= 11 is 0. The lowest BCUT2D eigenvalue weighted by molar-refractivity contribution is -0.384. The number of nitro benzene ring substituents is 1. The molecule has 0 saturated carbocycles. The second-order valence-corrected chi connectivity index (χ2v) is 9.06. The number of H-pyrrole nitrogens is 1. The highest BCUT2D eigenvalue weighted by molar-refractivity contribution is 5.94. The lowest BCUT2D eigenvalue weighted by Crippen LogP contribution is -2.38. The van der Waals surface area contributed by atoms with Gasteiger partial charge in [0.2, 0.25) is 0 Å². The molecule has 0 amide bonds. The third-order valence-corrected chi connectivity index (χ3v) is 6.80. The van der Waals surface area contributed by atoms with E-state index in [2.05, 4.69) is 20.9 Å². The van der Waals surface area contributed by atoms with Crippen LogP contribution >= 0.6 is 0 Å². The topological polar surface area (TPSA) is 121 Å². The molecular formula is C26H28N6O4. The molecule has 186 valence electrons. The molecule has 1 N–H and O–H groups in total. The molecule has 2 aliphatic rings. The number of nitro groups is 1. The minimum Gasteiger partial charge on any atom is -0.378 e. The van der Waals surface area contributed by atoms with Crippen molar-refractivity contribution in [3.05, 3.63) is 56.9 Å². The quantitative estimate of drug-likeness (QED) is 0.327. The Kier molecular flexibility index (Phi) is 6.59. The Labute approximate surface area is 208 Å². The van der Waals surface area contributed by atoms with E-state index >= 15 is 0 Å². The molecule has 2 aromatic carbocycles. The number of hydrogen-bond acceptors (Lipinski definition) is 8. The number of rotatable bonds is 5. The van der Waals surface area contributed by atoms with Gasteiger partial charge in [0.05, 0.1) is 48.0 Å². The second kappa shape index (κ2) is 9.97. The van der Waals surface area contributed by atoms with Gasteiger partial charge in [0.15, 0.2) is 0 Å². The van der Waals surface area contributed by atoms with Gasteiger partial charge in [0.1, 0.15) is 17.6 Å². The average molecular weight is 489 g/mol. The molecule has 2 aliphatic heterocycles. The maximum absolute atomic E-state index is 12.1. The minimum atomic E-state index is -0.357. The predicted molar refractivity (Wildman–Crippen MR) is 138 cm³/mol. The number of nitrogens with one attached hydrogen (secondary N) is 1. The zero-order valence-electron chi connectivity index (χ0n) is 20.4. The van der Waals surface area contributed by atoms with E-state index in [0.29, 0.717) is 75.3 Å². The lowest BCUT2D eigenvalue weighted by atomic mass is 10.0. The molecule has 2 saturated heterocycles. The maximum Gasteiger partial charge on any atom is 0.293 e. The molecule has 2 fully saturated rings. The third-order valence-electron chi connectivity index (χ3n) is 6.80. The molecule has 0 atom stereocenters. The van der Waals surface area contributed by atoms with Crippen LogP contribution in [0.1, 0.15) is 22.5 Å². The van der Waals surface area contributed by atoms with Gasteiger partial charge in [-0.05, 0) is 49.2 Å². The molecule has 5 rings (SSSR count). The number of ether oxygens (including phenoxy) is 2. The zero-order chi connectivity index (χ0) is 25.2. The third kappa shape index (κ3) is 4.63. The molecule has 3 heterocycles. The Morgan fingerprint density at radius 2 is 1.64 bits per heavy atom. The first-order chi connectivity index (χ1) is 17.4. The van der Waals surface area contributed by atoms with Gasteiger partial charge in [0, 0.05) is 43.5 Å². The van der Waals surface area contributed by atoms with Gasteiger partial charge < -0.3 is 24.3 Å². The summed E-state index contributed by atoms with van der Waals surface area (Å²) in [5.41, 5.74) is 6.18. The number of anilines is 2. The second-order valence-electron chi connectivity index (χ2n) is 9.06. The van der Waals surface area contributed by atoms with Crippen molar-refractivity contribution >= 4 is 39.7 Å². The summed E-state index contributed by atoms with van der Waals surface area (Å²) in [6.07, 6.45) is 1.69. The van der Waals surface area contributed by atoms with Crippen LogP contribution in [0.25, 0.3) is 22.7 Å². The molecule has 0 spiro atoms. The molecule has 10 nitrogen and oxygen atoms in total. The highest BCUT2D eigenvalue weighted by Gasteiger charge is 2.26. The summed E-state index contributed by atoms with van der Waals surface area (Å²) in [6.45, 7) is 8.72. The van der Waals surface area contributed by atoms with Crippen LogP contribution in [0, 0.1) is 35.3 Å². The van der Waals surface area contributed by atoms with E-state index in [9.17, 15) is 15.4 Å². The Morgan fingerprint density at radius 3 is 2.25 bits per heavy atom. The van der Waals surface area contributed by atoms with Crippen LogP contribution < -0.4 is 9.80 Å². The van der Waals surface area contributed by atoms with Crippen molar-refractivity contribution in [1.29, 1.82) is 5.26 Å². The Balaban J connectivity index is 1.65. The first-order valence-corrected chi connectivity index (χ1v) is 12.0. The summed E-state index contributed by atoms with van der Waals surface area (Å²) in [5, 5.41) is 22.2. The molecule has 0 bridgehead atoms. The van der Waals surface area contributed by atoms with Gasteiger partial charge in [-0.25, -0.2) is 4.98 Å². The molecule has 0 aliphatic carbocycles. The van der Waals surface area contributed by atoms with Gasteiger partial charge in [-0.15, -0.1) is 0 Å². The Hall–Kier alpha value is -3.94. The number of aromatic nitrogens is 2. The van der Waals surface area contributed by atoms with Gasteiger partial charge in [0.25, 0.3) is 5.69 Å². The number of aromatic amines is 1. The lowest BCUT2D eigenvalue weighted by Gasteiger charge is -2.33. The predicted octanol–water partition coefficient (Wildman–Crippen LogP) is 3.83. The van der Waals surface area contributed by atoms with Crippen molar-refractivity contribution in [3.8, 4) is 6.07 Å². The van der Waals surface area contributed by atoms with Crippen LogP contribution in [0.2, 0.25) is 0 Å². The number of nitrogens with zero attached hydrogens (tertiary/aromatic N) is 5. The maximum atomic E-state index is 12.1. The first kappa shape index (κ1) is 23.8. The van der Waals surface area contributed by atoms with Crippen molar-refractivity contribution in [3.63, 3.8) is 0 Å². The number of hydrogen-bond donors (Lipinski definition) is 1. The van der Waals surface area contributed by atoms with E-state index in [4.69, 9.17) is 9.47 Å². The van der Waals surface area contributed by atoms with Crippen LogP contribution in [0.3, 0.4) is 0 Å². The van der Waals surface area contributed by atoms with Crippen LogP contribution in [0.4, 0.5) is 17.1 Å². The first-order valence-electron chi connectivity index (χ1n) is 12.0. The van der Waals surface area contributed by atoms with Gasteiger partial charge in [-0.2, -0.15) is 5.26 Å². The SMILES string of the molecule is Cc1cc2nc(/C(C#N)=C/c3cc([N+](=O)[O-])c(N4CCOCC4)cc3N3CCOCC3)[nH]c2cc1C. The highest BCUT2D eigenvalue weighted by Crippen LogP contribution is 2.38. The summed E-state index contributed by atoms with van der Waals surface area (Å²) in [6, 6.07) is 9.69. The zero-order valence-corrected chi connectivity index (χ0v) is 20.4. The van der Waals surface area contributed by atoms with E-state index in [1.54, 1.807) is 12.1 Å². The number of allylic oxidation sites excluding steroid dienone is 1. The number of benzene rings is 2. The largest absolute Gasteiger partial charge is 0.378 e. The standard InChI is InChI=1S/C26H28N6O4/c1-17-11-21-22(12-18(17)2)29-26(28-21)20(16-27)13-19-14-25(32(33)34)24(31-5-9-36-10-6-31)15-23(19)30-3-7-35-8-4-30/h11-15H,3-10H2,1-2H3,(H,28,29)/b20-13+. The van der Waals surface area contributed by atoms with Gasteiger partial charge in [-0.1, -0.05) is 0 Å². The minimum absolute atomic E-state index is 0.00769. The summed E-state index contributed by atoms with van der Waals surface area (Å²) in [5.74, 6) is 0.435. The van der Waals surface area contributed by atoms with Gasteiger partial charge in [-0.3, -0.25) is 10.1 Å². The van der Waals surface area contributed by atoms with Crippen molar-refractivity contribution < 1.29 is 14.4 Å². The molecule has 1 aromatic heterocycles. The van der Waals surface area contributed by atoms with E-state index in [1.165, 1.54) is 0 Å². The smallest absolute Gasteiger partial charge is 0.293 e. The van der Waals surface area contributed by atoms with Crippen LogP contribution in [-0.2, 0) is 9.47 Å².